The summed E-state index contributed by atoms with van der Waals surface area (Å²) < 4.78 is 47.0. The van der Waals surface area contributed by atoms with Crippen LogP contribution in [0, 0.1) is 12.7 Å². The number of amides is 2. The first-order valence-electron chi connectivity index (χ1n) is 10.9. The van der Waals surface area contributed by atoms with Crippen molar-refractivity contribution in [3.63, 3.8) is 0 Å². The van der Waals surface area contributed by atoms with E-state index in [4.69, 9.17) is 4.74 Å². The maximum absolute atomic E-state index is 13.4. The number of hydrogen-bond donors (Lipinski definition) is 1. The van der Waals surface area contributed by atoms with Crippen LogP contribution in [0.15, 0.2) is 71.6 Å². The molecule has 1 saturated heterocycles. The van der Waals surface area contributed by atoms with Gasteiger partial charge >= 0.3 is 6.03 Å². The lowest BCUT2D eigenvalue weighted by molar-refractivity contribution is 0.192. The summed E-state index contributed by atoms with van der Waals surface area (Å²) in [5.41, 5.74) is 2.53. The molecule has 1 heterocycles. The first kappa shape index (κ1) is 23.6. The Morgan fingerprint density at radius 2 is 1.79 bits per heavy atom. The molecule has 0 unspecified atom stereocenters. The zero-order chi connectivity index (χ0) is 24.3. The predicted octanol–water partition coefficient (Wildman–Crippen LogP) is 4.78. The van der Waals surface area contributed by atoms with E-state index in [1.165, 1.54) is 12.1 Å². The maximum atomic E-state index is 13.4. The van der Waals surface area contributed by atoms with Gasteiger partial charge in [0.05, 0.1) is 23.4 Å². The number of rotatable bonds is 7. The van der Waals surface area contributed by atoms with Crippen molar-refractivity contribution in [3.8, 4) is 5.75 Å². The third-order valence-corrected chi connectivity index (χ3v) is 7.01. The van der Waals surface area contributed by atoms with Crippen LogP contribution in [0.3, 0.4) is 0 Å². The molecule has 178 valence electrons. The van der Waals surface area contributed by atoms with Gasteiger partial charge in [0, 0.05) is 19.6 Å². The van der Waals surface area contributed by atoms with Crippen molar-refractivity contribution in [3.05, 3.63) is 83.7 Å². The average molecular weight is 484 g/mol. The van der Waals surface area contributed by atoms with E-state index in [0.717, 1.165) is 35.4 Å². The van der Waals surface area contributed by atoms with Crippen LogP contribution in [-0.2, 0) is 16.6 Å². The Balaban J connectivity index is 1.61. The number of nitrogens with one attached hydrogen (secondary N) is 1. The van der Waals surface area contributed by atoms with Crippen LogP contribution < -0.4 is 14.4 Å². The van der Waals surface area contributed by atoms with Crippen LogP contribution >= 0.6 is 0 Å². The highest BCUT2D eigenvalue weighted by atomic mass is 32.2. The molecular weight excluding hydrogens is 457 g/mol. The number of ether oxygens (including phenoxy) is 1. The monoisotopic (exact) mass is 483 g/mol. The Hall–Kier alpha value is -3.59. The van der Waals surface area contributed by atoms with Crippen LogP contribution in [0.25, 0.3) is 0 Å². The second kappa shape index (κ2) is 9.72. The Labute approximate surface area is 198 Å². The molecule has 0 spiro atoms. The predicted molar refractivity (Wildman–Crippen MR) is 129 cm³/mol. The quantitative estimate of drug-likeness (QED) is 0.525. The molecule has 0 atom stereocenters. The summed E-state index contributed by atoms with van der Waals surface area (Å²) in [5.74, 6) is 0.195. The van der Waals surface area contributed by atoms with Crippen molar-refractivity contribution >= 4 is 27.4 Å². The summed E-state index contributed by atoms with van der Waals surface area (Å²) in [6.45, 7) is 3.30. The van der Waals surface area contributed by atoms with E-state index in [1.807, 2.05) is 37.3 Å². The molecule has 1 fully saturated rings. The number of carbonyl (C=O) groups excluding carboxylic acids is 1. The molecule has 34 heavy (non-hydrogen) atoms. The SMILES string of the molecule is COc1cccc(CN2CCCN(c3ccc(C)cc3NS(=O)(=O)c3ccc(F)cc3)C2=O)c1. The third-order valence-electron chi connectivity index (χ3n) is 5.63. The number of benzene rings is 3. The van der Waals surface area contributed by atoms with Gasteiger partial charge in [0.15, 0.2) is 0 Å². The van der Waals surface area contributed by atoms with Gasteiger partial charge in [-0.1, -0.05) is 18.2 Å². The van der Waals surface area contributed by atoms with E-state index in [-0.39, 0.29) is 10.9 Å². The minimum Gasteiger partial charge on any atom is -0.497 e. The molecule has 1 N–H and O–H groups in total. The van der Waals surface area contributed by atoms with Gasteiger partial charge in [-0.15, -0.1) is 0 Å². The first-order valence-corrected chi connectivity index (χ1v) is 12.3. The lowest BCUT2D eigenvalue weighted by atomic mass is 10.1. The molecule has 0 aromatic heterocycles. The van der Waals surface area contributed by atoms with Crippen LogP contribution in [-0.4, -0.2) is 39.5 Å². The first-order chi connectivity index (χ1) is 16.3. The number of urea groups is 1. The van der Waals surface area contributed by atoms with E-state index in [9.17, 15) is 17.6 Å². The number of sulfonamides is 1. The Bertz CT molecular complexity index is 1300. The molecule has 0 aliphatic carbocycles. The number of carbonyl (C=O) groups is 1. The number of methoxy groups -OCH3 is 1. The van der Waals surface area contributed by atoms with Gasteiger partial charge in [0.1, 0.15) is 11.6 Å². The summed E-state index contributed by atoms with van der Waals surface area (Å²) in [5, 5.41) is 0. The van der Waals surface area contributed by atoms with Crippen LogP contribution in [0.5, 0.6) is 5.75 Å². The highest BCUT2D eigenvalue weighted by Gasteiger charge is 2.29. The highest BCUT2D eigenvalue weighted by Crippen LogP contribution is 2.32. The normalized spacial score (nSPS) is 14.3. The third kappa shape index (κ3) is 5.14. The van der Waals surface area contributed by atoms with Crippen LogP contribution in [0.1, 0.15) is 17.5 Å². The molecule has 3 aromatic rings. The fourth-order valence-electron chi connectivity index (χ4n) is 3.93. The number of hydrogen-bond acceptors (Lipinski definition) is 4. The number of anilines is 2. The summed E-state index contributed by atoms with van der Waals surface area (Å²) in [6, 6.07) is 17.2. The van der Waals surface area contributed by atoms with E-state index in [0.29, 0.717) is 31.0 Å². The Morgan fingerprint density at radius 1 is 1.03 bits per heavy atom. The molecule has 0 bridgehead atoms. The lowest BCUT2D eigenvalue weighted by Gasteiger charge is -2.36. The molecule has 0 saturated carbocycles. The van der Waals surface area contributed by atoms with E-state index in [1.54, 1.807) is 29.0 Å². The summed E-state index contributed by atoms with van der Waals surface area (Å²) in [7, 11) is -2.38. The molecule has 0 radical (unpaired) electrons. The molecule has 2 amide bonds. The van der Waals surface area contributed by atoms with Gasteiger partial charge in [0.2, 0.25) is 0 Å². The minimum absolute atomic E-state index is 0.0639. The van der Waals surface area contributed by atoms with Gasteiger partial charge in [0.25, 0.3) is 10.0 Å². The average Bonchev–Trinajstić information content (AvgIpc) is 2.81. The lowest BCUT2D eigenvalue weighted by Crippen LogP contribution is -2.49. The van der Waals surface area contributed by atoms with Crippen molar-refractivity contribution < 1.29 is 22.3 Å². The molecule has 1 aliphatic heterocycles. The smallest absolute Gasteiger partial charge is 0.324 e. The van der Waals surface area contributed by atoms with Crippen molar-refractivity contribution in [2.75, 3.05) is 29.8 Å². The van der Waals surface area contributed by atoms with E-state index < -0.39 is 15.8 Å². The van der Waals surface area contributed by atoms with Gasteiger partial charge in [-0.25, -0.2) is 17.6 Å². The second-order valence-electron chi connectivity index (χ2n) is 8.14. The number of nitrogens with zero attached hydrogens (tertiary/aromatic N) is 2. The Morgan fingerprint density at radius 3 is 2.53 bits per heavy atom. The topological polar surface area (TPSA) is 79.0 Å². The molecular formula is C25H26FN3O4S. The largest absolute Gasteiger partial charge is 0.497 e. The van der Waals surface area contributed by atoms with Crippen molar-refractivity contribution in [1.82, 2.24) is 4.90 Å². The fraction of sp³-hybridized carbons (Fsp3) is 0.240. The summed E-state index contributed by atoms with van der Waals surface area (Å²) >= 11 is 0. The maximum Gasteiger partial charge on any atom is 0.324 e. The molecule has 9 heteroatoms. The summed E-state index contributed by atoms with van der Waals surface area (Å²) in [4.78, 5) is 16.7. The second-order valence-corrected chi connectivity index (χ2v) is 9.82. The number of halogens is 1. The summed E-state index contributed by atoms with van der Waals surface area (Å²) in [6.07, 6.45) is 0.730. The Kier molecular flexibility index (Phi) is 6.74. The van der Waals surface area contributed by atoms with Crippen molar-refractivity contribution in [2.45, 2.75) is 24.8 Å². The fourth-order valence-corrected chi connectivity index (χ4v) is 4.99. The zero-order valence-electron chi connectivity index (χ0n) is 19.0. The van der Waals surface area contributed by atoms with Crippen molar-refractivity contribution in [2.24, 2.45) is 0 Å². The molecule has 3 aromatic carbocycles. The molecule has 1 aliphatic rings. The van der Waals surface area contributed by atoms with Gasteiger partial charge in [-0.05, 0) is 73.0 Å². The highest BCUT2D eigenvalue weighted by molar-refractivity contribution is 7.92. The molecule has 7 nitrogen and oxygen atoms in total. The molecule has 4 rings (SSSR count). The van der Waals surface area contributed by atoms with Crippen LogP contribution in [0.2, 0.25) is 0 Å². The van der Waals surface area contributed by atoms with Gasteiger partial charge in [-0.3, -0.25) is 9.62 Å². The van der Waals surface area contributed by atoms with Gasteiger partial charge in [-0.2, -0.15) is 0 Å². The van der Waals surface area contributed by atoms with Crippen molar-refractivity contribution in [1.29, 1.82) is 0 Å². The number of aryl methyl sites for hydroxylation is 1. The van der Waals surface area contributed by atoms with E-state index >= 15 is 0 Å². The van der Waals surface area contributed by atoms with Gasteiger partial charge < -0.3 is 9.64 Å². The minimum atomic E-state index is -3.98. The van der Waals surface area contributed by atoms with Crippen LogP contribution in [0.4, 0.5) is 20.6 Å². The standard InChI is InChI=1S/C25H26FN3O4S/c1-18-7-12-24(23(15-18)27-34(31,32)22-10-8-20(26)9-11-22)29-14-4-13-28(25(29)30)17-19-5-3-6-21(16-19)33-2/h3,5-12,15-16,27H,4,13-14,17H2,1-2H3. The van der Waals surface area contributed by atoms with E-state index in [2.05, 4.69) is 4.72 Å². The zero-order valence-corrected chi connectivity index (χ0v) is 19.8.